The SMILES string of the molecule is CC(C)(C)c1cc(-c2c3nc(c(-c4ccc(C#Cc5ccncc5)cc4)c4ccc([nH]4)c(-c4ccc(C#Cc5ccncc5)cc4)c4nc(c(-c5cc(C(C)(C)C)cc(C(C)(C)C)c5)c5ccc2[nH]5)C=C4)C=C3)cc(C(C)(C)C)c1. The minimum absolute atomic E-state index is 0.112. The van der Waals surface area contributed by atoms with E-state index in [0.29, 0.717) is 0 Å². The molecule has 0 aliphatic carbocycles. The summed E-state index contributed by atoms with van der Waals surface area (Å²) in [6.45, 7) is 27.6. The smallest absolute Gasteiger partial charge is 0.0737 e. The van der Waals surface area contributed by atoms with Crippen molar-refractivity contribution in [3.05, 3.63) is 226 Å². The highest BCUT2D eigenvalue weighted by molar-refractivity contribution is 6.00. The highest BCUT2D eigenvalue weighted by Crippen LogP contribution is 2.42. The van der Waals surface area contributed by atoms with Gasteiger partial charge >= 0.3 is 0 Å². The molecule has 0 saturated carbocycles. The molecule has 0 amide bonds. The summed E-state index contributed by atoms with van der Waals surface area (Å²) < 4.78 is 0. The summed E-state index contributed by atoms with van der Waals surface area (Å²) in [4.78, 5) is 27.8. The summed E-state index contributed by atoms with van der Waals surface area (Å²) in [5.74, 6) is 13.3. The Morgan fingerprint density at radius 3 is 0.800 bits per heavy atom. The molecule has 0 saturated heterocycles. The first kappa shape index (κ1) is 52.9. The van der Waals surface area contributed by atoms with Gasteiger partial charge in [-0.2, -0.15) is 0 Å². The van der Waals surface area contributed by atoms with Crippen LogP contribution in [0, 0.1) is 23.7 Å². The minimum atomic E-state index is -0.112. The Balaban J connectivity index is 1.25. The van der Waals surface area contributed by atoms with E-state index in [2.05, 4.69) is 260 Å². The van der Waals surface area contributed by atoms with Gasteiger partial charge in [-0.05, 0) is 163 Å². The molecule has 394 valence electrons. The van der Waals surface area contributed by atoms with Gasteiger partial charge in [0.15, 0.2) is 0 Å². The largest absolute Gasteiger partial charge is 0.354 e. The lowest BCUT2D eigenvalue weighted by atomic mass is 9.79. The van der Waals surface area contributed by atoms with Crippen LogP contribution in [0.15, 0.2) is 158 Å². The van der Waals surface area contributed by atoms with Gasteiger partial charge in [0.1, 0.15) is 0 Å². The molecule has 6 nitrogen and oxygen atoms in total. The normalized spacial score (nSPS) is 12.4. The lowest BCUT2D eigenvalue weighted by Crippen LogP contribution is -2.16. The molecule has 0 radical (unpaired) electrons. The fourth-order valence-electron chi connectivity index (χ4n) is 10.3. The van der Waals surface area contributed by atoms with Gasteiger partial charge in [0.25, 0.3) is 0 Å². The highest BCUT2D eigenvalue weighted by atomic mass is 14.8. The topological polar surface area (TPSA) is 83.1 Å². The van der Waals surface area contributed by atoms with Crippen LogP contribution in [-0.4, -0.2) is 29.9 Å². The van der Waals surface area contributed by atoms with Gasteiger partial charge < -0.3 is 9.97 Å². The van der Waals surface area contributed by atoms with Crippen LogP contribution in [0.2, 0.25) is 0 Å². The van der Waals surface area contributed by atoms with Crippen molar-refractivity contribution in [1.29, 1.82) is 0 Å². The van der Waals surface area contributed by atoms with Gasteiger partial charge in [-0.1, -0.05) is 167 Å². The molecule has 4 aromatic carbocycles. The average Bonchev–Trinajstić information content (AvgIpc) is 4.42. The van der Waals surface area contributed by atoms with Crippen LogP contribution in [0.4, 0.5) is 0 Å². The Hall–Kier alpha value is -9.10. The van der Waals surface area contributed by atoms with E-state index in [-0.39, 0.29) is 21.7 Å². The van der Waals surface area contributed by atoms with Crippen molar-refractivity contribution in [2.24, 2.45) is 0 Å². The molecular formula is C74H68N6. The first-order chi connectivity index (χ1) is 38.1. The number of benzene rings is 4. The molecule has 0 fully saturated rings. The lowest BCUT2D eigenvalue weighted by molar-refractivity contribution is 0.568. The summed E-state index contributed by atoms with van der Waals surface area (Å²) in [7, 11) is 0. The maximum atomic E-state index is 5.71. The predicted molar refractivity (Wildman–Crippen MR) is 336 cm³/mol. The van der Waals surface area contributed by atoms with Gasteiger partial charge in [-0.3, -0.25) is 9.97 Å². The molecule has 0 atom stereocenters. The number of pyridine rings is 2. The molecule has 2 aliphatic rings. The van der Waals surface area contributed by atoms with E-state index in [1.54, 1.807) is 24.8 Å². The number of hydrogen-bond acceptors (Lipinski definition) is 4. The van der Waals surface area contributed by atoms with E-state index < -0.39 is 0 Å². The third kappa shape index (κ3) is 11.1. The van der Waals surface area contributed by atoms with E-state index in [9.17, 15) is 0 Å². The Labute approximate surface area is 472 Å². The van der Waals surface area contributed by atoms with E-state index in [0.717, 1.165) is 112 Å². The average molecular weight is 1040 g/mol. The Morgan fingerprint density at radius 2 is 0.537 bits per heavy atom. The number of H-pyrrole nitrogens is 2. The van der Waals surface area contributed by atoms with Gasteiger partial charge in [-0.15, -0.1) is 0 Å². The van der Waals surface area contributed by atoms with Gasteiger partial charge in [0.05, 0.1) is 22.8 Å². The van der Waals surface area contributed by atoms with E-state index >= 15 is 0 Å². The third-order valence-electron chi connectivity index (χ3n) is 15.1. The maximum Gasteiger partial charge on any atom is 0.0737 e. The van der Waals surface area contributed by atoms with Crippen molar-refractivity contribution in [2.45, 2.75) is 105 Å². The quantitative estimate of drug-likeness (QED) is 0.172. The lowest BCUT2D eigenvalue weighted by Gasteiger charge is -2.26. The van der Waals surface area contributed by atoms with Crippen molar-refractivity contribution in [1.82, 2.24) is 29.9 Å². The van der Waals surface area contributed by atoms with Crippen molar-refractivity contribution in [3.8, 4) is 68.2 Å². The first-order valence-electron chi connectivity index (χ1n) is 27.7. The predicted octanol–water partition coefficient (Wildman–Crippen LogP) is 18.1. The number of nitrogens with zero attached hydrogens (tertiary/aromatic N) is 4. The summed E-state index contributed by atoms with van der Waals surface area (Å²) in [5, 5.41) is 0. The van der Waals surface area contributed by atoms with E-state index in [1.807, 2.05) is 24.3 Å². The van der Waals surface area contributed by atoms with Crippen LogP contribution < -0.4 is 0 Å². The summed E-state index contributed by atoms with van der Waals surface area (Å²) in [6, 6.07) is 47.8. The third-order valence-corrected chi connectivity index (χ3v) is 15.1. The molecule has 8 bridgehead atoms. The number of nitrogens with one attached hydrogen (secondary N) is 2. The Morgan fingerprint density at radius 1 is 0.287 bits per heavy atom. The highest BCUT2D eigenvalue weighted by Gasteiger charge is 2.26. The number of aromatic nitrogens is 6. The van der Waals surface area contributed by atoms with E-state index in [4.69, 9.17) is 9.97 Å². The molecule has 2 N–H and O–H groups in total. The second-order valence-electron chi connectivity index (χ2n) is 25.2. The molecule has 2 aliphatic heterocycles. The van der Waals surface area contributed by atoms with Crippen molar-refractivity contribution in [3.63, 3.8) is 0 Å². The second-order valence-corrected chi connectivity index (χ2v) is 25.2. The summed E-state index contributed by atoms with van der Waals surface area (Å²) in [6.07, 6.45) is 15.8. The molecule has 9 aromatic rings. The van der Waals surface area contributed by atoms with Crippen LogP contribution >= 0.6 is 0 Å². The molecule has 7 heterocycles. The summed E-state index contributed by atoms with van der Waals surface area (Å²) >= 11 is 0. The van der Waals surface area contributed by atoms with Crippen LogP contribution in [0.1, 0.15) is 150 Å². The zero-order valence-corrected chi connectivity index (χ0v) is 48.1. The zero-order valence-electron chi connectivity index (χ0n) is 48.1. The fraction of sp³-hybridized carbons (Fsp3) is 0.216. The number of fused-ring (bicyclic) bond motifs is 8. The Kier molecular flexibility index (Phi) is 13.6. The minimum Gasteiger partial charge on any atom is -0.354 e. The van der Waals surface area contributed by atoms with Gasteiger partial charge in [0, 0.05) is 91.4 Å². The zero-order chi connectivity index (χ0) is 56.1. The second kappa shape index (κ2) is 20.6. The Bertz CT molecular complexity index is 3890. The van der Waals surface area contributed by atoms with E-state index in [1.165, 1.54) is 22.3 Å². The van der Waals surface area contributed by atoms with Crippen molar-refractivity contribution in [2.75, 3.05) is 0 Å². The number of aromatic amines is 2. The van der Waals surface area contributed by atoms with Crippen LogP contribution in [0.25, 0.3) is 90.9 Å². The molecule has 80 heavy (non-hydrogen) atoms. The van der Waals surface area contributed by atoms with Crippen LogP contribution in [0.3, 0.4) is 0 Å². The van der Waals surface area contributed by atoms with Crippen molar-refractivity contribution < 1.29 is 0 Å². The van der Waals surface area contributed by atoms with Crippen molar-refractivity contribution >= 4 is 46.4 Å². The van der Waals surface area contributed by atoms with Crippen LogP contribution in [0.5, 0.6) is 0 Å². The molecular weight excluding hydrogens is 973 g/mol. The number of hydrogen-bond donors (Lipinski definition) is 2. The number of rotatable bonds is 4. The van der Waals surface area contributed by atoms with Gasteiger partial charge in [0.2, 0.25) is 0 Å². The monoisotopic (exact) mass is 1040 g/mol. The molecule has 0 spiro atoms. The fourth-order valence-corrected chi connectivity index (χ4v) is 10.3. The molecule has 5 aromatic heterocycles. The maximum absolute atomic E-state index is 5.71. The summed E-state index contributed by atoms with van der Waals surface area (Å²) in [5.41, 5.74) is 23.7. The van der Waals surface area contributed by atoms with Crippen LogP contribution in [-0.2, 0) is 21.7 Å². The van der Waals surface area contributed by atoms with Gasteiger partial charge in [-0.25, -0.2) is 9.97 Å². The standard InChI is InChI=1S/C74H68N6/c1-71(2,3)55-41-53(42-56(45-55)72(4,5)6)69-63-29-27-61(78-63)67(51-21-17-47(18-22-51)13-15-49-33-37-75-38-34-49)59-25-26-60(77-59)68(52-23-19-48(20-24-52)14-16-50-35-39-76-40-36-50)62-28-30-64(79-62)70(66-32-31-65(69)80-66)54-43-57(73(7,8)9)46-58(44-54)74(10,11)12/h17-46,77,80H,1-12H3. The molecule has 11 rings (SSSR count). The first-order valence-corrected chi connectivity index (χ1v) is 27.7. The molecule has 0 unspecified atom stereocenters. The molecule has 6 heteroatoms.